The van der Waals surface area contributed by atoms with Gasteiger partial charge in [-0.1, -0.05) is 64.7 Å². The van der Waals surface area contributed by atoms with Gasteiger partial charge in [0.2, 0.25) is 0 Å². The van der Waals surface area contributed by atoms with Crippen molar-refractivity contribution >= 4 is 10.1 Å². The molecule has 0 aromatic rings. The molecule has 0 atom stereocenters. The standard InChI is InChI=1S/C13H28O3S.Na.H/c1-3-4-5-6-7-8-9-10-11-12-13-17(14,15)16-2;;/h3-13H2,1-2H3;;/q;+1;-1. The second-order valence-electron chi connectivity index (χ2n) is 4.61. The van der Waals surface area contributed by atoms with Crippen molar-refractivity contribution in [3.05, 3.63) is 0 Å². The third-order valence-electron chi connectivity index (χ3n) is 3.00. The van der Waals surface area contributed by atoms with E-state index in [-0.39, 0.29) is 36.7 Å². The second kappa shape index (κ2) is 14.3. The first-order valence-corrected chi connectivity index (χ1v) is 8.48. The van der Waals surface area contributed by atoms with Gasteiger partial charge >= 0.3 is 29.6 Å². The Balaban J connectivity index is -0.00000128. The summed E-state index contributed by atoms with van der Waals surface area (Å²) in [6.45, 7) is 2.23. The Hall–Kier alpha value is 0.910. The molecule has 0 heterocycles. The van der Waals surface area contributed by atoms with Crippen LogP contribution in [0.25, 0.3) is 0 Å². The van der Waals surface area contributed by atoms with Crippen LogP contribution >= 0.6 is 0 Å². The molecule has 0 aliphatic carbocycles. The Morgan fingerprint density at radius 2 is 1.22 bits per heavy atom. The van der Waals surface area contributed by atoms with Gasteiger partial charge in [0.25, 0.3) is 10.1 Å². The number of hydrogen-bond acceptors (Lipinski definition) is 3. The maximum atomic E-state index is 11.0. The summed E-state index contributed by atoms with van der Waals surface area (Å²) in [5.74, 6) is 0.167. The molecule has 3 nitrogen and oxygen atoms in total. The molecule has 0 fully saturated rings. The molecule has 0 aliphatic rings. The van der Waals surface area contributed by atoms with Gasteiger partial charge in [-0.05, 0) is 6.42 Å². The molecule has 0 saturated heterocycles. The quantitative estimate of drug-likeness (QED) is 0.306. The number of hydrogen-bond donors (Lipinski definition) is 0. The average Bonchev–Trinajstić information content (AvgIpc) is 2.31. The summed E-state index contributed by atoms with van der Waals surface area (Å²) >= 11 is 0. The van der Waals surface area contributed by atoms with E-state index in [0.717, 1.165) is 19.3 Å². The predicted molar refractivity (Wildman–Crippen MR) is 73.8 cm³/mol. The van der Waals surface area contributed by atoms with Crippen LogP contribution in [0, 0.1) is 0 Å². The van der Waals surface area contributed by atoms with Crippen LogP contribution in [0.2, 0.25) is 0 Å². The first kappa shape index (κ1) is 21.2. The van der Waals surface area contributed by atoms with Crippen molar-refractivity contribution in [2.75, 3.05) is 12.9 Å². The molecule has 0 saturated carbocycles. The van der Waals surface area contributed by atoms with E-state index in [2.05, 4.69) is 11.1 Å². The third-order valence-corrected chi connectivity index (χ3v) is 4.30. The molecular weight excluding hydrogens is 259 g/mol. The van der Waals surface area contributed by atoms with E-state index >= 15 is 0 Å². The molecule has 18 heavy (non-hydrogen) atoms. The SMILES string of the molecule is CCCCCCCCCCCCS(=O)(=O)OC.[H-].[Na+]. The Labute approximate surface area is 137 Å². The van der Waals surface area contributed by atoms with Crippen molar-refractivity contribution in [1.82, 2.24) is 0 Å². The van der Waals surface area contributed by atoms with E-state index in [4.69, 9.17) is 0 Å². The minimum absolute atomic E-state index is 0. The van der Waals surface area contributed by atoms with Crippen LogP contribution in [0.4, 0.5) is 0 Å². The van der Waals surface area contributed by atoms with Crippen molar-refractivity contribution in [1.29, 1.82) is 0 Å². The Kier molecular flexibility index (Phi) is 16.9. The van der Waals surface area contributed by atoms with Crippen LogP contribution in [-0.2, 0) is 14.3 Å². The molecule has 0 spiro atoms. The summed E-state index contributed by atoms with van der Waals surface area (Å²) in [6, 6.07) is 0. The third kappa shape index (κ3) is 15.0. The van der Waals surface area contributed by atoms with Crippen LogP contribution in [0.15, 0.2) is 0 Å². The number of rotatable bonds is 12. The van der Waals surface area contributed by atoms with Gasteiger partial charge in [-0.15, -0.1) is 0 Å². The van der Waals surface area contributed by atoms with Gasteiger partial charge in [-0.3, -0.25) is 4.18 Å². The topological polar surface area (TPSA) is 43.4 Å². The minimum Gasteiger partial charge on any atom is -1.00 e. The molecule has 0 N–H and O–H groups in total. The fraction of sp³-hybridized carbons (Fsp3) is 1.00. The molecule has 0 aromatic carbocycles. The van der Waals surface area contributed by atoms with Crippen LogP contribution in [0.1, 0.15) is 72.6 Å². The van der Waals surface area contributed by atoms with E-state index in [9.17, 15) is 8.42 Å². The van der Waals surface area contributed by atoms with Gasteiger partial charge in [0.1, 0.15) is 0 Å². The molecule has 0 aromatic heterocycles. The summed E-state index contributed by atoms with van der Waals surface area (Å²) in [4.78, 5) is 0. The van der Waals surface area contributed by atoms with Crippen molar-refractivity contribution in [3.63, 3.8) is 0 Å². The molecule has 0 aliphatic heterocycles. The molecule has 0 bridgehead atoms. The number of unbranched alkanes of at least 4 members (excludes halogenated alkanes) is 9. The summed E-state index contributed by atoms with van der Waals surface area (Å²) in [5, 5.41) is 0. The van der Waals surface area contributed by atoms with Gasteiger partial charge in [-0.25, -0.2) is 0 Å². The predicted octanol–water partition coefficient (Wildman–Crippen LogP) is 1.000. The van der Waals surface area contributed by atoms with Gasteiger partial charge in [0.05, 0.1) is 12.9 Å². The van der Waals surface area contributed by atoms with Gasteiger partial charge < -0.3 is 1.43 Å². The van der Waals surface area contributed by atoms with Crippen molar-refractivity contribution < 1.29 is 43.6 Å². The minimum atomic E-state index is -3.23. The van der Waals surface area contributed by atoms with Crippen LogP contribution in [0.5, 0.6) is 0 Å². The Morgan fingerprint density at radius 3 is 1.61 bits per heavy atom. The second-order valence-corrected chi connectivity index (χ2v) is 6.47. The molecule has 0 unspecified atom stereocenters. The maximum absolute atomic E-state index is 11.0. The monoisotopic (exact) mass is 288 g/mol. The van der Waals surface area contributed by atoms with Crippen LogP contribution < -0.4 is 29.6 Å². The van der Waals surface area contributed by atoms with E-state index in [1.54, 1.807) is 0 Å². The first-order chi connectivity index (χ1) is 8.12. The van der Waals surface area contributed by atoms with E-state index < -0.39 is 10.1 Å². The largest absolute Gasteiger partial charge is 1.00 e. The molecule has 106 valence electrons. The zero-order chi connectivity index (χ0) is 13.0. The van der Waals surface area contributed by atoms with Gasteiger partial charge in [-0.2, -0.15) is 8.42 Å². The Morgan fingerprint density at radius 1 is 0.833 bits per heavy atom. The smallest absolute Gasteiger partial charge is 1.00 e. The summed E-state index contributed by atoms with van der Waals surface area (Å²) in [5.41, 5.74) is 0. The fourth-order valence-electron chi connectivity index (χ4n) is 1.85. The van der Waals surface area contributed by atoms with Crippen LogP contribution in [0.3, 0.4) is 0 Å². The first-order valence-electron chi connectivity index (χ1n) is 6.90. The molecule has 0 amide bonds. The summed E-state index contributed by atoms with van der Waals surface area (Å²) in [7, 11) is -2.00. The van der Waals surface area contributed by atoms with E-state index in [0.29, 0.717) is 0 Å². The normalized spacial score (nSPS) is 11.2. The summed E-state index contributed by atoms with van der Waals surface area (Å²) in [6.07, 6.45) is 12.1. The van der Waals surface area contributed by atoms with Crippen molar-refractivity contribution in [2.45, 2.75) is 71.1 Å². The van der Waals surface area contributed by atoms with E-state index in [1.807, 2.05) is 0 Å². The Bertz CT molecular complexity index is 259. The molecular formula is C13H29NaO3S. The molecule has 0 rings (SSSR count). The maximum Gasteiger partial charge on any atom is 1.00 e. The average molecular weight is 288 g/mol. The summed E-state index contributed by atoms with van der Waals surface area (Å²) < 4.78 is 26.4. The zero-order valence-corrected chi connectivity index (χ0v) is 15.2. The van der Waals surface area contributed by atoms with E-state index in [1.165, 1.54) is 52.1 Å². The van der Waals surface area contributed by atoms with Gasteiger partial charge in [0.15, 0.2) is 0 Å². The van der Waals surface area contributed by atoms with Crippen LogP contribution in [-0.4, -0.2) is 21.3 Å². The van der Waals surface area contributed by atoms with Crippen molar-refractivity contribution in [3.8, 4) is 0 Å². The molecule has 0 radical (unpaired) electrons. The van der Waals surface area contributed by atoms with Crippen molar-refractivity contribution in [2.24, 2.45) is 0 Å². The zero-order valence-electron chi connectivity index (χ0n) is 13.4. The van der Waals surface area contributed by atoms with Gasteiger partial charge in [0, 0.05) is 0 Å². The molecule has 5 heteroatoms. The fourth-order valence-corrected chi connectivity index (χ4v) is 2.57.